The largest absolute Gasteiger partial charge is 0.315 e. The van der Waals surface area contributed by atoms with Crippen LogP contribution in [0.4, 0.5) is 0 Å². The lowest BCUT2D eigenvalue weighted by molar-refractivity contribution is 0.589. The molecule has 6 heteroatoms. The third kappa shape index (κ3) is 4.33. The summed E-state index contributed by atoms with van der Waals surface area (Å²) in [5, 5.41) is 0. The second-order valence-corrected chi connectivity index (χ2v) is 6.76. The first-order valence-corrected chi connectivity index (χ1v) is 7.57. The lowest BCUT2D eigenvalue weighted by Gasteiger charge is -2.04. The van der Waals surface area contributed by atoms with E-state index in [1.807, 2.05) is 22.6 Å². The lowest BCUT2D eigenvalue weighted by atomic mass is 10.4. The zero-order valence-electron chi connectivity index (χ0n) is 8.31. The summed E-state index contributed by atoms with van der Waals surface area (Å²) in [6.07, 6.45) is 3.34. The number of nitrogens with zero attached hydrogens (tertiary/aromatic N) is 1. The van der Waals surface area contributed by atoms with Gasteiger partial charge in [0.2, 0.25) is 0 Å². The molecule has 0 unspecified atom stereocenters. The highest BCUT2D eigenvalue weighted by molar-refractivity contribution is 14.1. The summed E-state index contributed by atoms with van der Waals surface area (Å²) in [6, 6.07) is 3.51. The standard InChI is InChI=1S/C9H12INO3S/c1-15(13,14)7-3-6-11-5-2-4-8(10)9(11)12/h2,4-5H,3,6-7H2,1H3. The van der Waals surface area contributed by atoms with Crippen molar-refractivity contribution in [2.75, 3.05) is 12.0 Å². The zero-order valence-corrected chi connectivity index (χ0v) is 11.3. The Kier molecular flexibility index (Phi) is 4.32. The summed E-state index contributed by atoms with van der Waals surface area (Å²) in [4.78, 5) is 11.5. The number of pyridine rings is 1. The Balaban J connectivity index is 2.67. The summed E-state index contributed by atoms with van der Waals surface area (Å²) < 4.78 is 24.0. The molecule has 1 rings (SSSR count). The number of rotatable bonds is 4. The van der Waals surface area contributed by atoms with Crippen molar-refractivity contribution in [3.05, 3.63) is 32.3 Å². The average molecular weight is 341 g/mol. The van der Waals surface area contributed by atoms with E-state index in [2.05, 4.69) is 0 Å². The molecule has 0 saturated carbocycles. The molecular weight excluding hydrogens is 329 g/mol. The molecule has 4 nitrogen and oxygen atoms in total. The Morgan fingerprint density at radius 3 is 2.73 bits per heavy atom. The van der Waals surface area contributed by atoms with E-state index < -0.39 is 9.84 Å². The van der Waals surface area contributed by atoms with Gasteiger partial charge in [0.25, 0.3) is 5.56 Å². The molecule has 1 aromatic rings. The van der Waals surface area contributed by atoms with Gasteiger partial charge in [0.05, 0.1) is 9.32 Å². The predicted octanol–water partition coefficient (Wildman–Crippen LogP) is 0.888. The first-order valence-electron chi connectivity index (χ1n) is 4.43. The number of halogens is 1. The van der Waals surface area contributed by atoms with Crippen LogP contribution in [0.3, 0.4) is 0 Å². The van der Waals surface area contributed by atoms with E-state index in [0.29, 0.717) is 16.5 Å². The third-order valence-corrected chi connectivity index (χ3v) is 3.74. The maximum atomic E-state index is 11.5. The molecule has 1 aromatic heterocycles. The van der Waals surface area contributed by atoms with Crippen molar-refractivity contribution in [2.24, 2.45) is 0 Å². The van der Waals surface area contributed by atoms with E-state index in [4.69, 9.17) is 0 Å². The lowest BCUT2D eigenvalue weighted by Crippen LogP contribution is -2.22. The Hall–Kier alpha value is -0.370. The average Bonchev–Trinajstić information content (AvgIpc) is 2.10. The smallest absolute Gasteiger partial charge is 0.263 e. The molecule has 84 valence electrons. The maximum absolute atomic E-state index is 11.5. The Labute approximate surface area is 102 Å². The van der Waals surface area contributed by atoms with Gasteiger partial charge in [0.1, 0.15) is 9.84 Å². The van der Waals surface area contributed by atoms with Crippen LogP contribution in [0.1, 0.15) is 6.42 Å². The molecule has 1 heterocycles. The molecule has 0 aliphatic rings. The van der Waals surface area contributed by atoms with Crippen LogP contribution in [0, 0.1) is 3.57 Å². The zero-order chi connectivity index (χ0) is 11.5. The number of hydrogen-bond donors (Lipinski definition) is 0. The highest BCUT2D eigenvalue weighted by Gasteiger charge is 2.03. The van der Waals surface area contributed by atoms with E-state index >= 15 is 0 Å². The normalized spacial score (nSPS) is 11.6. The Morgan fingerprint density at radius 2 is 2.13 bits per heavy atom. The number of hydrogen-bond acceptors (Lipinski definition) is 3. The quantitative estimate of drug-likeness (QED) is 0.765. The highest BCUT2D eigenvalue weighted by Crippen LogP contribution is 1.98. The van der Waals surface area contributed by atoms with Crippen molar-refractivity contribution < 1.29 is 8.42 Å². The molecule has 0 aromatic carbocycles. The minimum atomic E-state index is -2.93. The van der Waals surface area contributed by atoms with Gasteiger partial charge < -0.3 is 4.57 Å². The predicted molar refractivity (Wildman–Crippen MR) is 67.7 cm³/mol. The molecule has 0 atom stereocenters. The topological polar surface area (TPSA) is 56.1 Å². The van der Waals surface area contributed by atoms with Crippen molar-refractivity contribution in [2.45, 2.75) is 13.0 Å². The molecule has 15 heavy (non-hydrogen) atoms. The number of sulfone groups is 1. The van der Waals surface area contributed by atoms with E-state index in [-0.39, 0.29) is 11.3 Å². The first kappa shape index (κ1) is 12.7. The van der Waals surface area contributed by atoms with Crippen LogP contribution in [-0.4, -0.2) is 25.0 Å². The Morgan fingerprint density at radius 1 is 1.47 bits per heavy atom. The van der Waals surface area contributed by atoms with Gasteiger partial charge in [-0.3, -0.25) is 4.79 Å². The second kappa shape index (κ2) is 5.11. The first-order chi connectivity index (χ1) is 6.90. The van der Waals surface area contributed by atoms with Gasteiger partial charge in [0.15, 0.2) is 0 Å². The molecule has 0 fully saturated rings. The summed E-state index contributed by atoms with van der Waals surface area (Å²) in [5.74, 6) is 0.116. The van der Waals surface area contributed by atoms with Crippen LogP contribution in [-0.2, 0) is 16.4 Å². The van der Waals surface area contributed by atoms with Crippen LogP contribution in [0.25, 0.3) is 0 Å². The Bertz CT molecular complexity index is 492. The molecule has 0 saturated heterocycles. The van der Waals surface area contributed by atoms with Gasteiger partial charge in [0, 0.05) is 19.0 Å². The molecule has 0 amide bonds. The third-order valence-electron chi connectivity index (χ3n) is 1.89. The molecule has 0 radical (unpaired) electrons. The molecule has 0 bridgehead atoms. The number of aryl methyl sites for hydroxylation is 1. The van der Waals surface area contributed by atoms with E-state index in [9.17, 15) is 13.2 Å². The fourth-order valence-corrected chi connectivity index (χ4v) is 2.35. The maximum Gasteiger partial charge on any atom is 0.263 e. The minimum Gasteiger partial charge on any atom is -0.315 e. The van der Waals surface area contributed by atoms with Crippen molar-refractivity contribution in [3.63, 3.8) is 0 Å². The molecular formula is C9H12INO3S. The van der Waals surface area contributed by atoms with Crippen molar-refractivity contribution in [3.8, 4) is 0 Å². The van der Waals surface area contributed by atoms with E-state index in [1.54, 1.807) is 18.3 Å². The molecule has 0 aliphatic carbocycles. The second-order valence-electron chi connectivity index (χ2n) is 3.34. The summed E-state index contributed by atoms with van der Waals surface area (Å²) in [7, 11) is -2.93. The molecule has 0 N–H and O–H groups in total. The highest BCUT2D eigenvalue weighted by atomic mass is 127. The van der Waals surface area contributed by atoms with Crippen LogP contribution in [0.5, 0.6) is 0 Å². The molecule has 0 spiro atoms. The fourth-order valence-electron chi connectivity index (χ4n) is 1.18. The minimum absolute atomic E-state index is 0.0633. The summed E-state index contributed by atoms with van der Waals surface area (Å²) in [5.41, 5.74) is -0.0633. The fraction of sp³-hybridized carbons (Fsp3) is 0.444. The van der Waals surface area contributed by atoms with E-state index in [0.717, 1.165) is 0 Å². The van der Waals surface area contributed by atoms with Gasteiger partial charge in [-0.25, -0.2) is 8.42 Å². The van der Waals surface area contributed by atoms with Crippen LogP contribution in [0.2, 0.25) is 0 Å². The van der Waals surface area contributed by atoms with Crippen LogP contribution in [0.15, 0.2) is 23.1 Å². The van der Waals surface area contributed by atoms with Crippen molar-refractivity contribution in [1.29, 1.82) is 0 Å². The summed E-state index contributed by atoms with van der Waals surface area (Å²) >= 11 is 1.97. The van der Waals surface area contributed by atoms with Crippen LogP contribution < -0.4 is 5.56 Å². The van der Waals surface area contributed by atoms with Gasteiger partial charge in [-0.2, -0.15) is 0 Å². The van der Waals surface area contributed by atoms with Crippen molar-refractivity contribution >= 4 is 32.4 Å². The van der Waals surface area contributed by atoms with Crippen LogP contribution >= 0.6 is 22.6 Å². The number of aromatic nitrogens is 1. The summed E-state index contributed by atoms with van der Waals surface area (Å²) in [6.45, 7) is 0.447. The van der Waals surface area contributed by atoms with Gasteiger partial charge in [-0.05, 0) is 41.1 Å². The van der Waals surface area contributed by atoms with Gasteiger partial charge in [-0.1, -0.05) is 0 Å². The van der Waals surface area contributed by atoms with Gasteiger partial charge >= 0.3 is 0 Å². The van der Waals surface area contributed by atoms with Crippen molar-refractivity contribution in [1.82, 2.24) is 4.57 Å². The SMILES string of the molecule is CS(=O)(=O)CCCn1cccc(I)c1=O. The van der Waals surface area contributed by atoms with Gasteiger partial charge in [-0.15, -0.1) is 0 Å². The van der Waals surface area contributed by atoms with E-state index in [1.165, 1.54) is 10.8 Å². The monoisotopic (exact) mass is 341 g/mol. The molecule has 0 aliphatic heterocycles.